The number of methoxy groups -OCH3 is 1. The van der Waals surface area contributed by atoms with Gasteiger partial charge in [-0.05, 0) is 30.0 Å². The second-order valence-corrected chi connectivity index (χ2v) is 5.23. The quantitative estimate of drug-likeness (QED) is 0.651. The molecule has 0 unspecified atom stereocenters. The second kappa shape index (κ2) is 4.95. The molecule has 0 atom stereocenters. The first-order chi connectivity index (χ1) is 10.9. The Morgan fingerprint density at radius 1 is 1.13 bits per heavy atom. The van der Waals surface area contributed by atoms with E-state index in [0.717, 1.165) is 6.08 Å². The molecular weight excluding hydrogens is 300 g/mol. The van der Waals surface area contributed by atoms with E-state index in [1.165, 1.54) is 19.2 Å². The summed E-state index contributed by atoms with van der Waals surface area (Å²) in [6.07, 6.45) is 1.44. The van der Waals surface area contributed by atoms with Gasteiger partial charge in [0.1, 0.15) is 0 Å². The average Bonchev–Trinajstić information content (AvgIpc) is 2.53. The summed E-state index contributed by atoms with van der Waals surface area (Å²) in [5.74, 6) is -2.04. The number of hydrogen-bond acceptors (Lipinski definition) is 6. The SMILES string of the molecule is COC1=CC(=O)c2c(cc(C)c3c(O)c(O)c(C=O)cc23)C1=O. The molecule has 6 nitrogen and oxygen atoms in total. The van der Waals surface area contributed by atoms with Crippen molar-refractivity contribution >= 4 is 28.6 Å². The van der Waals surface area contributed by atoms with Gasteiger partial charge in [-0.3, -0.25) is 14.4 Å². The van der Waals surface area contributed by atoms with Crippen molar-refractivity contribution in [2.75, 3.05) is 7.11 Å². The van der Waals surface area contributed by atoms with Gasteiger partial charge in [-0.25, -0.2) is 0 Å². The smallest absolute Gasteiger partial charge is 0.228 e. The van der Waals surface area contributed by atoms with Gasteiger partial charge in [0.05, 0.1) is 12.7 Å². The number of benzene rings is 2. The number of phenols is 2. The van der Waals surface area contributed by atoms with Gasteiger partial charge in [-0.2, -0.15) is 0 Å². The van der Waals surface area contributed by atoms with E-state index in [-0.39, 0.29) is 33.2 Å². The number of aryl methyl sites for hydroxylation is 1. The third-order valence-corrected chi connectivity index (χ3v) is 3.92. The molecule has 0 aromatic heterocycles. The molecule has 6 heteroatoms. The lowest BCUT2D eigenvalue weighted by atomic mass is 9.86. The van der Waals surface area contributed by atoms with E-state index >= 15 is 0 Å². The van der Waals surface area contributed by atoms with Crippen LogP contribution in [0.2, 0.25) is 0 Å². The van der Waals surface area contributed by atoms with Crippen molar-refractivity contribution in [3.8, 4) is 11.5 Å². The van der Waals surface area contributed by atoms with Gasteiger partial charge >= 0.3 is 0 Å². The van der Waals surface area contributed by atoms with Crippen molar-refractivity contribution < 1.29 is 29.3 Å². The van der Waals surface area contributed by atoms with E-state index in [4.69, 9.17) is 4.74 Å². The molecule has 0 aliphatic heterocycles. The Labute approximate surface area is 130 Å². The van der Waals surface area contributed by atoms with Gasteiger partial charge in [0.15, 0.2) is 29.3 Å². The summed E-state index contributed by atoms with van der Waals surface area (Å²) in [5.41, 5.74) is 0.545. The first-order valence-electron chi connectivity index (χ1n) is 6.72. The molecule has 1 aliphatic rings. The molecule has 0 radical (unpaired) electrons. The molecule has 0 amide bonds. The third kappa shape index (κ3) is 1.92. The van der Waals surface area contributed by atoms with Crippen LogP contribution in [-0.2, 0) is 4.74 Å². The van der Waals surface area contributed by atoms with Crippen LogP contribution in [0.15, 0.2) is 24.0 Å². The molecule has 23 heavy (non-hydrogen) atoms. The van der Waals surface area contributed by atoms with Crippen LogP contribution in [-0.4, -0.2) is 35.2 Å². The monoisotopic (exact) mass is 312 g/mol. The zero-order valence-corrected chi connectivity index (χ0v) is 12.3. The van der Waals surface area contributed by atoms with Crippen LogP contribution in [0.4, 0.5) is 0 Å². The highest BCUT2D eigenvalue weighted by Crippen LogP contribution is 2.42. The number of carbonyl (C=O) groups is 3. The molecule has 116 valence electrons. The molecular formula is C17H12O6. The molecule has 0 bridgehead atoms. The Morgan fingerprint density at radius 2 is 1.83 bits per heavy atom. The summed E-state index contributed by atoms with van der Waals surface area (Å²) in [5, 5.41) is 20.5. The van der Waals surface area contributed by atoms with Gasteiger partial charge in [0, 0.05) is 22.6 Å². The third-order valence-electron chi connectivity index (χ3n) is 3.92. The number of allylic oxidation sites excluding steroid dienone is 2. The van der Waals surface area contributed by atoms with Crippen LogP contribution in [0.1, 0.15) is 36.6 Å². The number of fused-ring (bicyclic) bond motifs is 3. The number of carbonyl (C=O) groups excluding carboxylic acids is 3. The molecule has 0 saturated carbocycles. The maximum atomic E-state index is 12.4. The highest BCUT2D eigenvalue weighted by Gasteiger charge is 2.30. The molecule has 1 aliphatic carbocycles. The Bertz CT molecular complexity index is 936. The van der Waals surface area contributed by atoms with Crippen molar-refractivity contribution in [1.29, 1.82) is 0 Å². The van der Waals surface area contributed by atoms with E-state index in [1.54, 1.807) is 6.92 Å². The number of rotatable bonds is 2. The number of Topliss-reactive ketones (excluding diaryl/α,β-unsaturated/α-hetero) is 1. The minimum atomic E-state index is -0.557. The Hall–Kier alpha value is -3.15. The lowest BCUT2D eigenvalue weighted by molar-refractivity contribution is 0.0917. The zero-order valence-electron chi connectivity index (χ0n) is 12.3. The summed E-state index contributed by atoms with van der Waals surface area (Å²) in [6, 6.07) is 2.75. The zero-order chi connectivity index (χ0) is 16.9. The van der Waals surface area contributed by atoms with Crippen molar-refractivity contribution in [2.45, 2.75) is 6.92 Å². The average molecular weight is 312 g/mol. The minimum absolute atomic E-state index is 0.0696. The number of aldehydes is 1. The molecule has 0 spiro atoms. The maximum absolute atomic E-state index is 12.4. The van der Waals surface area contributed by atoms with E-state index in [2.05, 4.69) is 0 Å². The molecule has 0 fully saturated rings. The van der Waals surface area contributed by atoms with E-state index in [0.29, 0.717) is 11.8 Å². The van der Waals surface area contributed by atoms with Gasteiger partial charge in [0.2, 0.25) is 5.78 Å². The summed E-state index contributed by atoms with van der Waals surface area (Å²) in [6.45, 7) is 1.63. The Kier molecular flexibility index (Phi) is 3.18. The van der Waals surface area contributed by atoms with Crippen LogP contribution in [0.25, 0.3) is 10.8 Å². The molecule has 0 heterocycles. The van der Waals surface area contributed by atoms with E-state index in [1.807, 2.05) is 0 Å². The predicted molar refractivity (Wildman–Crippen MR) is 81.2 cm³/mol. The van der Waals surface area contributed by atoms with Crippen LogP contribution < -0.4 is 0 Å². The van der Waals surface area contributed by atoms with Crippen molar-refractivity contribution in [3.63, 3.8) is 0 Å². The first-order valence-corrected chi connectivity index (χ1v) is 6.72. The molecule has 2 N–H and O–H groups in total. The summed E-state index contributed by atoms with van der Waals surface area (Å²) in [4.78, 5) is 35.8. The fourth-order valence-corrected chi connectivity index (χ4v) is 2.86. The normalized spacial score (nSPS) is 13.7. The lowest BCUT2D eigenvalue weighted by Crippen LogP contribution is -2.19. The highest BCUT2D eigenvalue weighted by molar-refractivity contribution is 6.29. The van der Waals surface area contributed by atoms with Gasteiger partial charge < -0.3 is 14.9 Å². The summed E-state index contributed by atoms with van der Waals surface area (Å²) in [7, 11) is 1.30. The molecule has 2 aromatic rings. The molecule has 2 aromatic carbocycles. The van der Waals surface area contributed by atoms with Gasteiger partial charge in [-0.1, -0.05) is 0 Å². The highest BCUT2D eigenvalue weighted by atomic mass is 16.5. The van der Waals surface area contributed by atoms with Crippen LogP contribution in [0, 0.1) is 6.92 Å². The fraction of sp³-hybridized carbons (Fsp3) is 0.118. The standard InChI is InChI=1S/C17H12O6/c1-7-3-10-14(11(19)5-12(23-2)16(10)21)9-4-8(6-18)15(20)17(22)13(7)9/h3-6,20,22H,1-2H3. The largest absolute Gasteiger partial charge is 0.504 e. The van der Waals surface area contributed by atoms with Crippen LogP contribution in [0.5, 0.6) is 11.5 Å². The maximum Gasteiger partial charge on any atom is 0.228 e. The topological polar surface area (TPSA) is 101 Å². The fourth-order valence-electron chi connectivity index (χ4n) is 2.86. The first kappa shape index (κ1) is 14.8. The Balaban J connectivity index is 2.50. The van der Waals surface area contributed by atoms with Gasteiger partial charge in [0.25, 0.3) is 0 Å². The molecule has 3 rings (SSSR count). The van der Waals surface area contributed by atoms with Crippen molar-refractivity contribution in [3.05, 3.63) is 46.2 Å². The minimum Gasteiger partial charge on any atom is -0.504 e. The van der Waals surface area contributed by atoms with Gasteiger partial charge in [-0.15, -0.1) is 0 Å². The number of aromatic hydroxyl groups is 2. The number of ether oxygens (including phenoxy) is 1. The second-order valence-electron chi connectivity index (χ2n) is 5.23. The Morgan fingerprint density at radius 3 is 2.43 bits per heavy atom. The summed E-state index contributed by atoms with van der Waals surface area (Å²) >= 11 is 0. The van der Waals surface area contributed by atoms with E-state index in [9.17, 15) is 24.6 Å². The van der Waals surface area contributed by atoms with Crippen molar-refractivity contribution in [1.82, 2.24) is 0 Å². The molecule has 0 saturated heterocycles. The van der Waals surface area contributed by atoms with Crippen LogP contribution in [0.3, 0.4) is 0 Å². The number of phenolic OH excluding ortho intramolecular Hbond substituents is 2. The summed E-state index contributed by atoms with van der Waals surface area (Å²) < 4.78 is 4.92. The predicted octanol–water partition coefficient (Wildman–Crippen LogP) is 2.28. The number of hydrogen-bond donors (Lipinski definition) is 2. The van der Waals surface area contributed by atoms with Crippen molar-refractivity contribution in [2.24, 2.45) is 0 Å². The van der Waals surface area contributed by atoms with E-state index < -0.39 is 23.1 Å². The number of ketones is 2. The lowest BCUT2D eigenvalue weighted by Gasteiger charge is -2.19. The van der Waals surface area contributed by atoms with Crippen LogP contribution >= 0.6 is 0 Å².